The standard InChI is InChI=1S/C36H38O/c1-3-23-5-8-31(9-6-23)37-32-10-7-30(4-2)33(35-17-24-11-25(18-35)13-26(12-24)19-35)34(32)36-20-27-14-28(21-36)16-29(15-27)22-36/h1-2,5-10,24-29H,11-22H2. The fourth-order valence-corrected chi connectivity index (χ4v) is 11.4. The largest absolute Gasteiger partial charge is 0.457 e. The molecule has 0 heterocycles. The lowest BCUT2D eigenvalue weighted by molar-refractivity contribution is -0.0182. The molecule has 37 heavy (non-hydrogen) atoms. The summed E-state index contributed by atoms with van der Waals surface area (Å²) in [6, 6.07) is 12.5. The Balaban J connectivity index is 1.33. The molecule has 8 saturated carbocycles. The van der Waals surface area contributed by atoms with E-state index in [1.165, 1.54) is 82.6 Å². The predicted octanol–water partition coefficient (Wildman–Crippen LogP) is 8.38. The first-order chi connectivity index (χ1) is 18.0. The van der Waals surface area contributed by atoms with Crippen LogP contribution in [0, 0.1) is 60.2 Å². The molecule has 0 unspecified atom stereocenters. The van der Waals surface area contributed by atoms with Gasteiger partial charge in [0.25, 0.3) is 0 Å². The summed E-state index contributed by atoms with van der Waals surface area (Å²) in [5, 5.41) is 0. The van der Waals surface area contributed by atoms with Gasteiger partial charge in [0.1, 0.15) is 11.5 Å². The molecule has 0 aliphatic heterocycles. The van der Waals surface area contributed by atoms with E-state index in [-0.39, 0.29) is 10.8 Å². The summed E-state index contributed by atoms with van der Waals surface area (Å²) in [5.41, 5.74) is 5.66. The molecular formula is C36H38O. The van der Waals surface area contributed by atoms with E-state index in [0.29, 0.717) is 0 Å². The first-order valence-electron chi connectivity index (χ1n) is 14.9. The molecule has 0 amide bonds. The van der Waals surface area contributed by atoms with Gasteiger partial charge in [0.2, 0.25) is 0 Å². The van der Waals surface area contributed by atoms with Gasteiger partial charge in [-0.05, 0) is 160 Å². The van der Waals surface area contributed by atoms with E-state index in [9.17, 15) is 0 Å². The van der Waals surface area contributed by atoms with E-state index in [4.69, 9.17) is 17.6 Å². The number of terminal acetylenes is 2. The maximum Gasteiger partial charge on any atom is 0.131 e. The van der Waals surface area contributed by atoms with Crippen molar-refractivity contribution >= 4 is 0 Å². The summed E-state index contributed by atoms with van der Waals surface area (Å²) >= 11 is 0. The van der Waals surface area contributed by atoms with Crippen molar-refractivity contribution in [3.05, 3.63) is 58.7 Å². The lowest BCUT2D eigenvalue weighted by Gasteiger charge is -2.61. The molecule has 1 nitrogen and oxygen atoms in total. The third kappa shape index (κ3) is 3.39. The molecule has 8 aliphatic rings. The Labute approximate surface area is 222 Å². The molecule has 0 aromatic heterocycles. The Morgan fingerprint density at radius 2 is 1.03 bits per heavy atom. The minimum absolute atomic E-state index is 0.231. The minimum Gasteiger partial charge on any atom is -0.457 e. The summed E-state index contributed by atoms with van der Waals surface area (Å²) in [5.74, 6) is 13.2. The Bertz CT molecular complexity index is 1260. The molecule has 10 rings (SSSR count). The number of benzene rings is 2. The highest BCUT2D eigenvalue weighted by Gasteiger charge is 2.58. The van der Waals surface area contributed by atoms with E-state index in [1.54, 1.807) is 11.1 Å². The molecule has 0 N–H and O–H groups in total. The van der Waals surface area contributed by atoms with Crippen LogP contribution in [0.15, 0.2) is 36.4 Å². The predicted molar refractivity (Wildman–Crippen MR) is 149 cm³/mol. The van der Waals surface area contributed by atoms with Crippen LogP contribution in [0.1, 0.15) is 99.3 Å². The third-order valence-electron chi connectivity index (χ3n) is 11.7. The molecule has 8 aliphatic carbocycles. The van der Waals surface area contributed by atoms with E-state index >= 15 is 0 Å². The van der Waals surface area contributed by atoms with Gasteiger partial charge < -0.3 is 4.74 Å². The van der Waals surface area contributed by atoms with Gasteiger partial charge >= 0.3 is 0 Å². The van der Waals surface area contributed by atoms with Crippen LogP contribution in [-0.4, -0.2) is 0 Å². The quantitative estimate of drug-likeness (QED) is 0.394. The van der Waals surface area contributed by atoms with Crippen LogP contribution in [0.5, 0.6) is 11.5 Å². The molecule has 188 valence electrons. The van der Waals surface area contributed by atoms with Gasteiger partial charge in [-0.1, -0.05) is 11.8 Å². The SMILES string of the molecule is C#Cc1ccc(Oc2ccc(C#C)c(C34CC5CC(CC(C5)C3)C4)c2C23CC4CC(CC(C4)C2)C3)cc1. The van der Waals surface area contributed by atoms with Gasteiger partial charge in [0.15, 0.2) is 0 Å². The van der Waals surface area contributed by atoms with Crippen LogP contribution >= 0.6 is 0 Å². The van der Waals surface area contributed by atoms with Crippen LogP contribution in [0.25, 0.3) is 0 Å². The topological polar surface area (TPSA) is 9.23 Å². The van der Waals surface area contributed by atoms with Crippen LogP contribution in [0.4, 0.5) is 0 Å². The zero-order valence-electron chi connectivity index (χ0n) is 22.0. The molecule has 8 bridgehead atoms. The molecular weight excluding hydrogens is 448 g/mol. The van der Waals surface area contributed by atoms with Crippen molar-refractivity contribution in [2.45, 2.75) is 87.9 Å². The van der Waals surface area contributed by atoms with Crippen LogP contribution in [0.3, 0.4) is 0 Å². The second-order valence-corrected chi connectivity index (χ2v) is 14.2. The van der Waals surface area contributed by atoms with Gasteiger partial charge in [-0.3, -0.25) is 0 Å². The number of rotatable bonds is 4. The van der Waals surface area contributed by atoms with Crippen molar-refractivity contribution in [1.82, 2.24) is 0 Å². The van der Waals surface area contributed by atoms with Gasteiger partial charge in [-0.15, -0.1) is 12.8 Å². The van der Waals surface area contributed by atoms with Crippen molar-refractivity contribution in [1.29, 1.82) is 0 Å². The molecule has 8 fully saturated rings. The third-order valence-corrected chi connectivity index (χ3v) is 11.7. The van der Waals surface area contributed by atoms with Gasteiger partial charge in [-0.2, -0.15) is 0 Å². The average Bonchev–Trinajstić information content (AvgIpc) is 2.87. The second-order valence-electron chi connectivity index (χ2n) is 14.2. The number of hydrogen-bond acceptors (Lipinski definition) is 1. The second kappa shape index (κ2) is 7.93. The van der Waals surface area contributed by atoms with Crippen molar-refractivity contribution in [2.75, 3.05) is 0 Å². The van der Waals surface area contributed by atoms with Gasteiger partial charge in [-0.25, -0.2) is 0 Å². The van der Waals surface area contributed by atoms with Crippen LogP contribution < -0.4 is 4.74 Å². The highest BCUT2D eigenvalue weighted by Crippen LogP contribution is 2.67. The fraction of sp³-hybridized carbons (Fsp3) is 0.556. The molecule has 2 aromatic carbocycles. The molecule has 0 saturated heterocycles. The molecule has 0 atom stereocenters. The molecule has 2 aromatic rings. The van der Waals surface area contributed by atoms with E-state index in [2.05, 4.69) is 24.0 Å². The zero-order valence-corrected chi connectivity index (χ0v) is 22.0. The summed E-state index contributed by atoms with van der Waals surface area (Å²) in [4.78, 5) is 0. The maximum absolute atomic E-state index is 6.86. The average molecular weight is 487 g/mol. The van der Waals surface area contributed by atoms with Gasteiger partial charge in [0, 0.05) is 22.1 Å². The van der Waals surface area contributed by atoms with Crippen LogP contribution in [-0.2, 0) is 10.8 Å². The molecule has 0 radical (unpaired) electrons. The fourth-order valence-electron chi connectivity index (χ4n) is 11.4. The Morgan fingerprint density at radius 1 is 0.568 bits per heavy atom. The zero-order chi connectivity index (χ0) is 24.8. The maximum atomic E-state index is 6.86. The van der Waals surface area contributed by atoms with E-state index in [1.807, 2.05) is 24.3 Å². The van der Waals surface area contributed by atoms with E-state index < -0.39 is 0 Å². The first kappa shape index (κ1) is 22.4. The normalized spacial score (nSPS) is 40.4. The van der Waals surface area contributed by atoms with Crippen LogP contribution in [0.2, 0.25) is 0 Å². The first-order valence-corrected chi connectivity index (χ1v) is 14.9. The minimum atomic E-state index is 0.231. The molecule has 0 spiro atoms. The highest BCUT2D eigenvalue weighted by atomic mass is 16.5. The number of hydrogen-bond donors (Lipinski definition) is 0. The Kier molecular flexibility index (Phi) is 4.79. The van der Waals surface area contributed by atoms with Crippen molar-refractivity contribution in [2.24, 2.45) is 35.5 Å². The van der Waals surface area contributed by atoms with Crippen molar-refractivity contribution < 1.29 is 4.74 Å². The van der Waals surface area contributed by atoms with Gasteiger partial charge in [0.05, 0.1) is 0 Å². The lowest BCUT2D eigenvalue weighted by atomic mass is 9.43. The summed E-state index contributed by atoms with van der Waals surface area (Å²) < 4.78 is 6.86. The lowest BCUT2D eigenvalue weighted by Crippen LogP contribution is -2.52. The Hall–Kier alpha value is -2.64. The monoisotopic (exact) mass is 486 g/mol. The Morgan fingerprint density at radius 3 is 1.46 bits per heavy atom. The van der Waals surface area contributed by atoms with Crippen molar-refractivity contribution in [3.8, 4) is 36.2 Å². The summed E-state index contributed by atoms with van der Waals surface area (Å²) in [7, 11) is 0. The van der Waals surface area contributed by atoms with E-state index in [0.717, 1.165) is 52.6 Å². The molecule has 1 heteroatoms. The van der Waals surface area contributed by atoms with Crippen molar-refractivity contribution in [3.63, 3.8) is 0 Å². The summed E-state index contributed by atoms with van der Waals surface area (Å²) in [6.45, 7) is 0. The summed E-state index contributed by atoms with van der Waals surface area (Å²) in [6.07, 6.45) is 28.7. The smallest absolute Gasteiger partial charge is 0.131 e. The highest BCUT2D eigenvalue weighted by molar-refractivity contribution is 5.60. The number of ether oxygens (including phenoxy) is 1.